The zero-order valence-electron chi connectivity index (χ0n) is 12.6. The fraction of sp³-hybridized carbons (Fsp3) is 0.267. The van der Waals surface area contributed by atoms with Crippen LogP contribution in [0.1, 0.15) is 12.0 Å². The molecule has 128 valence electrons. The molecule has 1 aromatic carbocycles. The second-order valence-electron chi connectivity index (χ2n) is 5.02. The Bertz CT molecular complexity index is 718. The molecular formula is C15H16F2N4O3. The van der Waals surface area contributed by atoms with Gasteiger partial charge in [0.25, 0.3) is 6.43 Å². The molecule has 0 unspecified atom stereocenters. The molecule has 9 heteroatoms. The van der Waals surface area contributed by atoms with Gasteiger partial charge in [-0.05, 0) is 24.1 Å². The number of hydrogen-bond acceptors (Lipinski definition) is 3. The quantitative estimate of drug-likeness (QED) is 0.723. The van der Waals surface area contributed by atoms with E-state index in [1.54, 1.807) is 24.3 Å². The lowest BCUT2D eigenvalue weighted by Crippen LogP contribution is -2.19. The lowest BCUT2D eigenvalue weighted by Gasteiger charge is -2.07. The van der Waals surface area contributed by atoms with E-state index >= 15 is 0 Å². The number of carboxylic acid groups (broad SMARTS) is 1. The summed E-state index contributed by atoms with van der Waals surface area (Å²) in [6.45, 7) is -0.547. The summed E-state index contributed by atoms with van der Waals surface area (Å²) in [5, 5.41) is 17.5. The second-order valence-corrected chi connectivity index (χ2v) is 5.02. The van der Waals surface area contributed by atoms with Crippen LogP contribution in [0.3, 0.4) is 0 Å². The Balaban J connectivity index is 1.91. The molecule has 0 aliphatic carbocycles. The molecule has 0 fully saturated rings. The summed E-state index contributed by atoms with van der Waals surface area (Å²) in [5.41, 5.74) is 1.56. The maximum Gasteiger partial charge on any atom is 0.323 e. The van der Waals surface area contributed by atoms with Crippen LogP contribution < -0.4 is 10.6 Å². The Morgan fingerprint density at radius 1 is 1.25 bits per heavy atom. The zero-order chi connectivity index (χ0) is 17.5. The van der Waals surface area contributed by atoms with Crippen LogP contribution in [-0.2, 0) is 17.8 Å². The van der Waals surface area contributed by atoms with Gasteiger partial charge in [0.05, 0.1) is 11.9 Å². The van der Waals surface area contributed by atoms with E-state index in [9.17, 15) is 18.4 Å². The monoisotopic (exact) mass is 338 g/mol. The topological polar surface area (TPSA) is 96.2 Å². The van der Waals surface area contributed by atoms with Crippen LogP contribution in [0.4, 0.5) is 25.0 Å². The van der Waals surface area contributed by atoms with Gasteiger partial charge in [-0.3, -0.25) is 9.48 Å². The molecule has 24 heavy (non-hydrogen) atoms. The van der Waals surface area contributed by atoms with Crippen molar-refractivity contribution in [2.75, 3.05) is 10.6 Å². The van der Waals surface area contributed by atoms with Gasteiger partial charge >= 0.3 is 12.0 Å². The van der Waals surface area contributed by atoms with Gasteiger partial charge in [0, 0.05) is 18.3 Å². The Kier molecular flexibility index (Phi) is 5.83. The minimum atomic E-state index is -2.53. The number of aryl methyl sites for hydroxylation is 1. The number of aliphatic carboxylic acids is 1. The molecule has 3 N–H and O–H groups in total. The number of carboxylic acids is 1. The molecule has 2 amide bonds. The van der Waals surface area contributed by atoms with E-state index in [4.69, 9.17) is 5.11 Å². The molecule has 0 atom stereocenters. The van der Waals surface area contributed by atoms with Crippen molar-refractivity contribution in [2.24, 2.45) is 0 Å². The standard InChI is InChI=1S/C15H16F2N4O3/c16-13(17)9-21-8-12(7-18-21)20-15(24)19-11-3-1-2-10(6-11)4-5-14(22)23/h1-3,6-8,13H,4-5,9H2,(H,22,23)(H2,19,20,24). The maximum absolute atomic E-state index is 12.2. The van der Waals surface area contributed by atoms with Crippen molar-refractivity contribution >= 4 is 23.4 Å². The molecule has 0 aliphatic rings. The van der Waals surface area contributed by atoms with Crippen LogP contribution in [0, 0.1) is 0 Å². The molecular weight excluding hydrogens is 322 g/mol. The Morgan fingerprint density at radius 3 is 2.71 bits per heavy atom. The van der Waals surface area contributed by atoms with Crippen molar-refractivity contribution in [3.05, 3.63) is 42.2 Å². The molecule has 2 aromatic rings. The minimum Gasteiger partial charge on any atom is -0.481 e. The van der Waals surface area contributed by atoms with Gasteiger partial charge in [-0.25, -0.2) is 13.6 Å². The summed E-state index contributed by atoms with van der Waals surface area (Å²) in [6.07, 6.45) is 0.395. The summed E-state index contributed by atoms with van der Waals surface area (Å²) in [4.78, 5) is 22.5. The summed E-state index contributed by atoms with van der Waals surface area (Å²) in [5.74, 6) is -0.896. The van der Waals surface area contributed by atoms with E-state index in [1.807, 2.05) is 0 Å². The predicted molar refractivity (Wildman–Crippen MR) is 83.3 cm³/mol. The normalized spacial score (nSPS) is 10.6. The van der Waals surface area contributed by atoms with Crippen molar-refractivity contribution in [3.63, 3.8) is 0 Å². The maximum atomic E-state index is 12.2. The largest absolute Gasteiger partial charge is 0.481 e. The molecule has 0 radical (unpaired) electrons. The number of benzene rings is 1. The molecule has 7 nitrogen and oxygen atoms in total. The van der Waals surface area contributed by atoms with Crippen LogP contribution in [0.25, 0.3) is 0 Å². The number of hydrogen-bond donors (Lipinski definition) is 3. The van der Waals surface area contributed by atoms with E-state index < -0.39 is 25.0 Å². The van der Waals surface area contributed by atoms with Gasteiger partial charge in [-0.15, -0.1) is 0 Å². The van der Waals surface area contributed by atoms with Gasteiger partial charge in [0.15, 0.2) is 0 Å². The molecule has 0 bridgehead atoms. The van der Waals surface area contributed by atoms with E-state index in [0.717, 1.165) is 10.2 Å². The number of alkyl halides is 2. The van der Waals surface area contributed by atoms with E-state index in [1.165, 1.54) is 12.4 Å². The first-order chi connectivity index (χ1) is 11.4. The number of urea groups is 1. The summed E-state index contributed by atoms with van der Waals surface area (Å²) in [7, 11) is 0. The predicted octanol–water partition coefficient (Wildman–Crippen LogP) is 2.81. The highest BCUT2D eigenvalue weighted by atomic mass is 19.3. The highest BCUT2D eigenvalue weighted by Crippen LogP contribution is 2.13. The van der Waals surface area contributed by atoms with Crippen molar-refractivity contribution in [1.29, 1.82) is 0 Å². The van der Waals surface area contributed by atoms with Gasteiger partial charge in [-0.2, -0.15) is 5.10 Å². The summed E-state index contributed by atoms with van der Waals surface area (Å²) < 4.78 is 25.5. The van der Waals surface area contributed by atoms with Crippen LogP contribution in [0.2, 0.25) is 0 Å². The van der Waals surface area contributed by atoms with Gasteiger partial charge in [-0.1, -0.05) is 12.1 Å². The van der Waals surface area contributed by atoms with Gasteiger partial charge in [0.1, 0.15) is 6.54 Å². The van der Waals surface area contributed by atoms with Gasteiger partial charge in [0.2, 0.25) is 0 Å². The lowest BCUT2D eigenvalue weighted by molar-refractivity contribution is -0.136. The molecule has 1 aromatic heterocycles. The van der Waals surface area contributed by atoms with Gasteiger partial charge < -0.3 is 15.7 Å². The molecule has 0 saturated heterocycles. The SMILES string of the molecule is O=C(O)CCc1cccc(NC(=O)Nc2cnn(CC(F)F)c2)c1. The average molecular weight is 338 g/mol. The Morgan fingerprint density at radius 2 is 2.00 bits per heavy atom. The highest BCUT2D eigenvalue weighted by Gasteiger charge is 2.08. The lowest BCUT2D eigenvalue weighted by atomic mass is 10.1. The smallest absolute Gasteiger partial charge is 0.323 e. The zero-order valence-corrected chi connectivity index (χ0v) is 12.6. The number of carbonyl (C=O) groups excluding carboxylic acids is 1. The van der Waals surface area contributed by atoms with Crippen molar-refractivity contribution in [2.45, 2.75) is 25.8 Å². The van der Waals surface area contributed by atoms with E-state index in [-0.39, 0.29) is 12.1 Å². The third kappa shape index (κ3) is 5.67. The van der Waals surface area contributed by atoms with E-state index in [0.29, 0.717) is 12.1 Å². The Hall–Kier alpha value is -2.97. The number of amides is 2. The number of halogens is 2. The summed E-state index contributed by atoms with van der Waals surface area (Å²) >= 11 is 0. The summed E-state index contributed by atoms with van der Waals surface area (Å²) in [6, 6.07) is 6.24. The molecule has 0 saturated carbocycles. The van der Waals surface area contributed by atoms with Crippen LogP contribution in [-0.4, -0.2) is 33.3 Å². The number of nitrogens with one attached hydrogen (secondary N) is 2. The molecule has 0 aliphatic heterocycles. The number of aromatic nitrogens is 2. The number of rotatable bonds is 7. The van der Waals surface area contributed by atoms with Crippen LogP contribution >= 0.6 is 0 Å². The first kappa shape index (κ1) is 17.4. The van der Waals surface area contributed by atoms with Crippen LogP contribution in [0.15, 0.2) is 36.7 Å². The number of nitrogens with zero attached hydrogens (tertiary/aromatic N) is 2. The van der Waals surface area contributed by atoms with Crippen molar-refractivity contribution < 1.29 is 23.5 Å². The van der Waals surface area contributed by atoms with Crippen LogP contribution in [0.5, 0.6) is 0 Å². The first-order valence-electron chi connectivity index (χ1n) is 7.11. The Labute approximate surface area is 136 Å². The third-order valence-corrected chi connectivity index (χ3v) is 3.03. The number of anilines is 2. The fourth-order valence-electron chi connectivity index (χ4n) is 2.02. The molecule has 2 rings (SSSR count). The fourth-order valence-corrected chi connectivity index (χ4v) is 2.02. The van der Waals surface area contributed by atoms with Crippen molar-refractivity contribution in [1.82, 2.24) is 9.78 Å². The second kappa shape index (κ2) is 8.04. The third-order valence-electron chi connectivity index (χ3n) is 3.03. The number of carbonyl (C=O) groups is 2. The highest BCUT2D eigenvalue weighted by molar-refractivity contribution is 5.99. The average Bonchev–Trinajstić information content (AvgIpc) is 2.91. The molecule has 0 spiro atoms. The minimum absolute atomic E-state index is 0.00102. The first-order valence-corrected chi connectivity index (χ1v) is 7.11. The van der Waals surface area contributed by atoms with Crippen molar-refractivity contribution in [3.8, 4) is 0 Å². The van der Waals surface area contributed by atoms with E-state index in [2.05, 4.69) is 15.7 Å². The molecule has 1 heterocycles.